The Morgan fingerprint density at radius 1 is 0.373 bits per heavy atom. The molecule has 2 heterocycles. The van der Waals surface area contributed by atoms with E-state index < -0.39 is 10.8 Å². The Hall–Kier alpha value is -9.78. The first-order chi connectivity index (χ1) is 37.1. The van der Waals surface area contributed by atoms with E-state index in [1.165, 1.54) is 66.8 Å². The molecule has 0 N–H and O–H groups in total. The van der Waals surface area contributed by atoms with Crippen LogP contribution in [-0.4, -0.2) is 9.97 Å². The van der Waals surface area contributed by atoms with E-state index in [1.807, 2.05) is 36.4 Å². The topological polar surface area (TPSA) is 53.9 Å². The van der Waals surface area contributed by atoms with Crippen LogP contribution in [0.25, 0.3) is 91.6 Å². The molecule has 0 fully saturated rings. The van der Waals surface area contributed by atoms with E-state index in [0.29, 0.717) is 22.3 Å². The fourth-order valence-electron chi connectivity index (χ4n) is 13.0. The average molecular weight is 969 g/mol. The molecule has 4 nitrogen and oxygen atoms in total. The molecule has 0 aliphatic heterocycles. The average Bonchev–Trinajstić information content (AvgIpc) is 4.12. The molecule has 0 spiro atoms. The first-order valence-corrected chi connectivity index (χ1v) is 26.0. The molecule has 0 saturated heterocycles. The minimum atomic E-state index is -0.602. The molecular weight excluding hydrogens is 929 g/mol. The number of fused-ring (bicyclic) bond motifs is 13. The molecule has 0 amide bonds. The number of benzene rings is 11. The van der Waals surface area contributed by atoms with Crippen LogP contribution in [0.2, 0.25) is 0 Å². The normalized spacial score (nSPS) is 13.5. The summed E-state index contributed by atoms with van der Waals surface area (Å²) < 4.78 is 0. The summed E-state index contributed by atoms with van der Waals surface area (Å²) in [5.41, 5.74) is 19.5. The van der Waals surface area contributed by atoms with Crippen LogP contribution in [-0.2, 0) is 10.8 Å². The van der Waals surface area contributed by atoms with Crippen molar-refractivity contribution in [3.8, 4) is 49.2 Å². The second-order valence-corrected chi connectivity index (χ2v) is 20.7. The Morgan fingerprint density at radius 3 is 1.21 bits per heavy atom. The van der Waals surface area contributed by atoms with E-state index in [1.54, 1.807) is 11.3 Å². The Balaban J connectivity index is 1.06. The van der Waals surface area contributed by atoms with Gasteiger partial charge >= 0.3 is 0 Å². The summed E-state index contributed by atoms with van der Waals surface area (Å²) in [7, 11) is 0. The van der Waals surface area contributed by atoms with Crippen molar-refractivity contribution >= 4 is 60.6 Å². The number of thiophene rings is 1. The van der Waals surface area contributed by atoms with Crippen LogP contribution < -0.4 is 0 Å². The SMILES string of the molecule is [C-]#[N+]c1ccc2c3ccc(C#N)cc3c3nc4c(-c5ccc6c(c5)C(c5ccccc5)(c5ccccc5)c5ccccc5-6)sc(-c5ccc6c(c5)C(c5ccccc5)(c5ccccc5)c5ccccc5-6)c4nc3c2c1. The van der Waals surface area contributed by atoms with E-state index in [-0.39, 0.29) is 0 Å². The lowest BCUT2D eigenvalue weighted by atomic mass is 9.67. The van der Waals surface area contributed by atoms with Crippen LogP contribution in [0.15, 0.2) is 243 Å². The lowest BCUT2D eigenvalue weighted by molar-refractivity contribution is 0.769. The molecule has 15 rings (SSSR count). The molecule has 2 aliphatic carbocycles. The van der Waals surface area contributed by atoms with Gasteiger partial charge in [-0.2, -0.15) is 5.26 Å². The lowest BCUT2D eigenvalue weighted by Crippen LogP contribution is -2.28. The van der Waals surface area contributed by atoms with Crippen molar-refractivity contribution in [2.45, 2.75) is 10.8 Å². The summed E-state index contributed by atoms with van der Waals surface area (Å²) in [5.74, 6) is 0. The van der Waals surface area contributed by atoms with Crippen molar-refractivity contribution in [2.75, 3.05) is 0 Å². The zero-order chi connectivity index (χ0) is 49.8. The predicted molar refractivity (Wildman–Crippen MR) is 306 cm³/mol. The standard InChI is InChI=1S/C70H40N4S/c1-72-50-33-37-52-51-34-30-43(42-71)38-57(51)63-64(58(52)41-50)74-66-65(73-63)67(44-31-35-55-53-26-14-16-28-59(53)69(61(55)39-44,46-18-6-2-7-19-46)47-20-8-3-9-21-47)75-68(66)45-32-36-56-54-27-15-17-29-60(54)70(62(56)40-45,48-22-10-4-11-23-48)49-24-12-5-13-25-49/h2-41H. The van der Waals surface area contributed by atoms with Gasteiger partial charge in [-0.25, -0.2) is 14.8 Å². The smallest absolute Gasteiger partial charge is 0.187 e. The zero-order valence-electron chi connectivity index (χ0n) is 40.3. The fourth-order valence-corrected chi connectivity index (χ4v) is 14.1. The van der Waals surface area contributed by atoms with E-state index in [0.717, 1.165) is 53.5 Å². The maximum absolute atomic E-state index is 10.3. The number of hydrogen-bond acceptors (Lipinski definition) is 4. The maximum Gasteiger partial charge on any atom is 0.187 e. The van der Waals surface area contributed by atoms with Crippen molar-refractivity contribution in [3.05, 3.63) is 304 Å². The summed E-state index contributed by atoms with van der Waals surface area (Å²) in [6, 6.07) is 89.5. The second kappa shape index (κ2) is 16.4. The van der Waals surface area contributed by atoms with Gasteiger partial charge in [0.05, 0.1) is 49.8 Å². The number of rotatable bonds is 6. The third-order valence-corrected chi connectivity index (χ3v) is 17.3. The summed E-state index contributed by atoms with van der Waals surface area (Å²) in [4.78, 5) is 17.5. The van der Waals surface area contributed by atoms with Crippen LogP contribution in [0.4, 0.5) is 5.69 Å². The van der Waals surface area contributed by atoms with Gasteiger partial charge in [-0.05, 0) is 124 Å². The highest BCUT2D eigenvalue weighted by molar-refractivity contribution is 7.20. The van der Waals surface area contributed by atoms with E-state index in [2.05, 4.69) is 217 Å². The molecule has 0 saturated carbocycles. The van der Waals surface area contributed by atoms with Crippen molar-refractivity contribution in [1.29, 1.82) is 5.26 Å². The van der Waals surface area contributed by atoms with Gasteiger partial charge in [0, 0.05) is 5.39 Å². The minimum absolute atomic E-state index is 0.528. The fraction of sp³-hybridized carbons (Fsp3) is 0.0286. The summed E-state index contributed by atoms with van der Waals surface area (Å²) >= 11 is 1.73. The third-order valence-electron chi connectivity index (χ3n) is 16.1. The van der Waals surface area contributed by atoms with Gasteiger partial charge in [0.15, 0.2) is 5.69 Å². The molecule has 2 aromatic heterocycles. The number of hydrogen-bond donors (Lipinski definition) is 0. The van der Waals surface area contributed by atoms with Gasteiger partial charge in [0.2, 0.25) is 0 Å². The Kier molecular flexibility index (Phi) is 9.35. The summed E-state index contributed by atoms with van der Waals surface area (Å²) in [6.45, 7) is 8.07. The molecule has 13 aromatic rings. The third kappa shape index (κ3) is 5.96. The maximum atomic E-state index is 10.3. The Bertz CT molecular complexity index is 4230. The van der Waals surface area contributed by atoms with Gasteiger partial charge in [-0.1, -0.05) is 212 Å². The monoisotopic (exact) mass is 968 g/mol. The van der Waals surface area contributed by atoms with E-state index >= 15 is 0 Å². The largest absolute Gasteiger partial charge is 0.242 e. The highest BCUT2D eigenvalue weighted by atomic mass is 32.1. The highest BCUT2D eigenvalue weighted by Gasteiger charge is 2.48. The number of nitrogens with zero attached hydrogens (tertiary/aromatic N) is 4. The Morgan fingerprint density at radius 2 is 0.773 bits per heavy atom. The van der Waals surface area contributed by atoms with Crippen LogP contribution >= 0.6 is 11.3 Å². The molecule has 75 heavy (non-hydrogen) atoms. The first kappa shape index (κ1) is 42.9. The van der Waals surface area contributed by atoms with Gasteiger partial charge < -0.3 is 0 Å². The molecule has 0 radical (unpaired) electrons. The molecule has 0 unspecified atom stereocenters. The van der Waals surface area contributed by atoms with E-state index in [9.17, 15) is 5.26 Å². The van der Waals surface area contributed by atoms with Gasteiger partial charge in [0.1, 0.15) is 11.0 Å². The number of aromatic nitrogens is 2. The quantitative estimate of drug-likeness (QED) is 0.123. The first-order valence-electron chi connectivity index (χ1n) is 25.2. The predicted octanol–water partition coefficient (Wildman–Crippen LogP) is 17.6. The van der Waals surface area contributed by atoms with Crippen molar-refractivity contribution in [2.24, 2.45) is 0 Å². The van der Waals surface area contributed by atoms with Crippen LogP contribution in [0.1, 0.15) is 50.1 Å². The molecule has 346 valence electrons. The molecule has 2 aliphatic rings. The van der Waals surface area contributed by atoms with Crippen molar-refractivity contribution in [3.63, 3.8) is 0 Å². The van der Waals surface area contributed by atoms with Gasteiger partial charge in [-0.15, -0.1) is 11.3 Å². The summed E-state index contributed by atoms with van der Waals surface area (Å²) in [5, 5.41) is 13.9. The summed E-state index contributed by atoms with van der Waals surface area (Å²) in [6.07, 6.45) is 0. The molecule has 0 bridgehead atoms. The second-order valence-electron chi connectivity index (χ2n) is 19.7. The van der Waals surface area contributed by atoms with Crippen LogP contribution in [0.3, 0.4) is 0 Å². The highest BCUT2D eigenvalue weighted by Crippen LogP contribution is 2.60. The van der Waals surface area contributed by atoms with Gasteiger partial charge in [-0.3, -0.25) is 0 Å². The molecular formula is C70H40N4S. The minimum Gasteiger partial charge on any atom is -0.242 e. The van der Waals surface area contributed by atoms with Crippen molar-refractivity contribution < 1.29 is 0 Å². The molecule has 11 aromatic carbocycles. The van der Waals surface area contributed by atoms with Crippen molar-refractivity contribution in [1.82, 2.24) is 9.97 Å². The molecule has 5 heteroatoms. The van der Waals surface area contributed by atoms with Crippen LogP contribution in [0, 0.1) is 17.9 Å². The number of nitriles is 1. The molecule has 0 atom stereocenters. The lowest BCUT2D eigenvalue weighted by Gasteiger charge is -2.34. The zero-order valence-corrected chi connectivity index (χ0v) is 41.1. The van der Waals surface area contributed by atoms with E-state index in [4.69, 9.17) is 16.5 Å². The Labute approximate surface area is 437 Å². The van der Waals surface area contributed by atoms with Gasteiger partial charge in [0.25, 0.3) is 0 Å². The van der Waals surface area contributed by atoms with Crippen LogP contribution in [0.5, 0.6) is 0 Å².